The Balaban J connectivity index is 1.60. The van der Waals surface area contributed by atoms with Crippen molar-refractivity contribution in [3.05, 3.63) is 59.4 Å². The number of amides is 1. The topological polar surface area (TPSA) is 82.1 Å². The number of rotatable bonds is 2. The van der Waals surface area contributed by atoms with E-state index in [0.29, 0.717) is 24.2 Å². The zero-order valence-corrected chi connectivity index (χ0v) is 13.4. The highest BCUT2D eigenvalue weighted by Crippen LogP contribution is 2.32. The van der Waals surface area contributed by atoms with Gasteiger partial charge >= 0.3 is 0 Å². The number of nitrogens with one attached hydrogen (secondary N) is 1. The average Bonchev–Trinajstić information content (AvgIpc) is 3.19. The fraction of sp³-hybridized carbons (Fsp3) is 0.278. The second-order valence-corrected chi connectivity index (χ2v) is 6.32. The molecule has 1 atom stereocenters. The molecule has 3 aromatic rings. The van der Waals surface area contributed by atoms with Gasteiger partial charge in [-0.1, -0.05) is 30.3 Å². The lowest BCUT2D eigenvalue weighted by Gasteiger charge is -2.24. The third-order valence-electron chi connectivity index (χ3n) is 4.69. The molecule has 1 aromatic carbocycles. The largest absolute Gasteiger partial charge is 0.383 e. The quantitative estimate of drug-likeness (QED) is 0.756. The van der Waals surface area contributed by atoms with Crippen LogP contribution in [-0.4, -0.2) is 44.2 Å². The molecule has 3 heterocycles. The number of fused-ring (bicyclic) bond motifs is 1. The molecule has 2 aromatic heterocycles. The third kappa shape index (κ3) is 2.35. The highest BCUT2D eigenvalue weighted by Gasteiger charge is 2.39. The number of hydrogen-bond donors (Lipinski definition) is 2. The van der Waals surface area contributed by atoms with E-state index >= 15 is 0 Å². The maximum absolute atomic E-state index is 12.8. The summed E-state index contributed by atoms with van der Waals surface area (Å²) in [6, 6.07) is 11.3. The van der Waals surface area contributed by atoms with E-state index in [1.54, 1.807) is 11.1 Å². The molecule has 0 saturated carbocycles. The van der Waals surface area contributed by atoms with Crippen LogP contribution in [0.15, 0.2) is 42.6 Å². The van der Waals surface area contributed by atoms with Crippen LogP contribution in [0.1, 0.15) is 28.0 Å². The van der Waals surface area contributed by atoms with Crippen LogP contribution in [0.3, 0.4) is 0 Å². The minimum Gasteiger partial charge on any atom is -0.383 e. The Hall–Kier alpha value is -2.73. The highest BCUT2D eigenvalue weighted by atomic mass is 16.3. The van der Waals surface area contributed by atoms with Gasteiger partial charge in [-0.25, -0.2) is 4.98 Å². The third-order valence-corrected chi connectivity index (χ3v) is 4.69. The summed E-state index contributed by atoms with van der Waals surface area (Å²) in [7, 11) is 0. The van der Waals surface area contributed by atoms with Crippen molar-refractivity contribution < 1.29 is 9.90 Å². The van der Waals surface area contributed by atoms with Gasteiger partial charge in [0.15, 0.2) is 5.65 Å². The summed E-state index contributed by atoms with van der Waals surface area (Å²) in [5.74, 6) is -0.114. The number of aliphatic hydroxyl groups is 1. The van der Waals surface area contributed by atoms with Crippen molar-refractivity contribution in [2.75, 3.05) is 13.1 Å². The van der Waals surface area contributed by atoms with Gasteiger partial charge in [-0.3, -0.25) is 9.89 Å². The number of carbonyl (C=O) groups excluding carboxylic acids is 1. The maximum atomic E-state index is 12.8. The minimum atomic E-state index is -0.986. The van der Waals surface area contributed by atoms with E-state index in [9.17, 15) is 9.90 Å². The van der Waals surface area contributed by atoms with Crippen molar-refractivity contribution in [2.45, 2.75) is 18.9 Å². The number of benzene rings is 1. The number of aromatic nitrogens is 3. The molecule has 1 saturated heterocycles. The van der Waals surface area contributed by atoms with Crippen LogP contribution in [0, 0.1) is 6.92 Å². The zero-order valence-electron chi connectivity index (χ0n) is 13.4. The molecule has 0 aliphatic carbocycles. The van der Waals surface area contributed by atoms with Gasteiger partial charge in [-0.2, -0.15) is 5.10 Å². The van der Waals surface area contributed by atoms with Crippen LogP contribution < -0.4 is 0 Å². The zero-order chi connectivity index (χ0) is 16.7. The highest BCUT2D eigenvalue weighted by molar-refractivity contribution is 5.97. The molecule has 122 valence electrons. The van der Waals surface area contributed by atoms with Crippen LogP contribution in [-0.2, 0) is 5.60 Å². The summed E-state index contributed by atoms with van der Waals surface area (Å²) < 4.78 is 0. The predicted octanol–water partition coefficient (Wildman–Crippen LogP) is 2.00. The summed E-state index contributed by atoms with van der Waals surface area (Å²) in [4.78, 5) is 18.7. The Bertz CT molecular complexity index is 906. The van der Waals surface area contributed by atoms with Crippen LogP contribution in [0.25, 0.3) is 11.0 Å². The van der Waals surface area contributed by atoms with Crippen LogP contribution in [0.5, 0.6) is 0 Å². The molecule has 1 aliphatic heterocycles. The Morgan fingerprint density at radius 2 is 2.12 bits per heavy atom. The van der Waals surface area contributed by atoms with Crippen molar-refractivity contribution in [3.63, 3.8) is 0 Å². The molecule has 0 unspecified atom stereocenters. The number of aromatic amines is 1. The Kier molecular flexibility index (Phi) is 3.35. The lowest BCUT2D eigenvalue weighted by Crippen LogP contribution is -2.34. The van der Waals surface area contributed by atoms with Gasteiger partial charge in [-0.05, 0) is 25.0 Å². The second-order valence-electron chi connectivity index (χ2n) is 6.32. The van der Waals surface area contributed by atoms with Gasteiger partial charge in [0.05, 0.1) is 12.1 Å². The molecule has 4 rings (SSSR count). The molecule has 2 N–H and O–H groups in total. The average molecular weight is 322 g/mol. The smallest absolute Gasteiger partial charge is 0.255 e. The first-order valence-electron chi connectivity index (χ1n) is 7.95. The number of pyridine rings is 1. The molecular formula is C18H18N4O2. The number of likely N-dealkylation sites (tertiary alicyclic amines) is 1. The van der Waals surface area contributed by atoms with E-state index in [0.717, 1.165) is 16.6 Å². The van der Waals surface area contributed by atoms with E-state index in [-0.39, 0.29) is 12.5 Å². The molecule has 0 radical (unpaired) electrons. The fourth-order valence-electron chi connectivity index (χ4n) is 3.27. The van der Waals surface area contributed by atoms with E-state index in [1.807, 2.05) is 43.3 Å². The van der Waals surface area contributed by atoms with Gasteiger partial charge in [0, 0.05) is 23.8 Å². The van der Waals surface area contributed by atoms with E-state index in [1.165, 1.54) is 0 Å². The van der Waals surface area contributed by atoms with E-state index in [2.05, 4.69) is 15.2 Å². The number of β-amino-alcohol motifs (C(OH)–C–C–N with tert-alkyl or cyclic N) is 1. The molecule has 6 heteroatoms. The van der Waals surface area contributed by atoms with Gasteiger partial charge < -0.3 is 10.0 Å². The normalized spacial score (nSPS) is 20.7. The Morgan fingerprint density at radius 1 is 1.33 bits per heavy atom. The van der Waals surface area contributed by atoms with Crippen molar-refractivity contribution in [3.8, 4) is 0 Å². The van der Waals surface area contributed by atoms with Crippen molar-refractivity contribution in [1.29, 1.82) is 0 Å². The molecule has 0 bridgehead atoms. The Morgan fingerprint density at radius 3 is 2.92 bits per heavy atom. The van der Waals surface area contributed by atoms with Crippen molar-refractivity contribution in [2.24, 2.45) is 0 Å². The second kappa shape index (κ2) is 5.42. The molecule has 0 spiro atoms. The SMILES string of the molecule is Cc1[nH]nc2ncc(C(=O)N3CC[C@@](O)(c4ccccc4)C3)cc12. The van der Waals surface area contributed by atoms with Gasteiger partial charge in [0.25, 0.3) is 5.91 Å². The maximum Gasteiger partial charge on any atom is 0.255 e. The fourth-order valence-corrected chi connectivity index (χ4v) is 3.27. The molecular weight excluding hydrogens is 304 g/mol. The van der Waals surface area contributed by atoms with Gasteiger partial charge in [-0.15, -0.1) is 0 Å². The van der Waals surface area contributed by atoms with Crippen LogP contribution >= 0.6 is 0 Å². The number of H-pyrrole nitrogens is 1. The standard InChI is InChI=1S/C18H18N4O2/c1-12-15-9-13(10-19-16(15)21-20-12)17(23)22-8-7-18(24,11-22)14-5-3-2-4-6-14/h2-6,9-10,24H,7-8,11H2,1H3,(H,19,20,21)/t18-/m0/s1. The summed E-state index contributed by atoms with van der Waals surface area (Å²) in [6.45, 7) is 2.71. The minimum absolute atomic E-state index is 0.114. The number of hydrogen-bond acceptors (Lipinski definition) is 4. The van der Waals surface area contributed by atoms with E-state index < -0.39 is 5.60 Å². The van der Waals surface area contributed by atoms with Crippen LogP contribution in [0.2, 0.25) is 0 Å². The number of aryl methyl sites for hydroxylation is 1. The molecule has 24 heavy (non-hydrogen) atoms. The van der Waals surface area contributed by atoms with Gasteiger partial charge in [0.1, 0.15) is 5.60 Å². The summed E-state index contributed by atoms with van der Waals surface area (Å²) in [5, 5.41) is 18.7. The predicted molar refractivity (Wildman–Crippen MR) is 89.5 cm³/mol. The lowest BCUT2D eigenvalue weighted by atomic mass is 9.93. The summed E-state index contributed by atoms with van der Waals surface area (Å²) in [6.07, 6.45) is 2.08. The molecule has 6 nitrogen and oxygen atoms in total. The molecule has 1 aliphatic rings. The first-order chi connectivity index (χ1) is 11.6. The summed E-state index contributed by atoms with van der Waals surface area (Å²) in [5.41, 5.74) is 1.87. The molecule has 1 amide bonds. The van der Waals surface area contributed by atoms with E-state index in [4.69, 9.17) is 0 Å². The summed E-state index contributed by atoms with van der Waals surface area (Å²) >= 11 is 0. The van der Waals surface area contributed by atoms with Crippen molar-refractivity contribution in [1.82, 2.24) is 20.1 Å². The number of nitrogens with zero attached hydrogens (tertiary/aromatic N) is 3. The first kappa shape index (κ1) is 14.8. The molecule has 1 fully saturated rings. The van der Waals surface area contributed by atoms with Crippen molar-refractivity contribution >= 4 is 16.9 Å². The monoisotopic (exact) mass is 322 g/mol. The van der Waals surface area contributed by atoms with Crippen LogP contribution in [0.4, 0.5) is 0 Å². The van der Waals surface area contributed by atoms with Gasteiger partial charge in [0.2, 0.25) is 0 Å². The lowest BCUT2D eigenvalue weighted by molar-refractivity contribution is 0.0417. The first-order valence-corrected chi connectivity index (χ1v) is 7.95. The number of carbonyl (C=O) groups is 1. The Labute approximate surface area is 139 Å².